The molecule has 0 saturated carbocycles. The number of hydrogen-bond donors (Lipinski definition) is 2. The van der Waals surface area contributed by atoms with E-state index in [0.717, 1.165) is 16.8 Å². The molecule has 0 unspecified atom stereocenters. The molecule has 1 aromatic carbocycles. The first-order valence-electron chi connectivity index (χ1n) is 5.49. The summed E-state index contributed by atoms with van der Waals surface area (Å²) < 4.78 is 0. The average Bonchev–Trinajstić information content (AvgIpc) is 2.33. The molecule has 2 N–H and O–H groups in total. The number of rotatable bonds is 3. The molecule has 4 heteroatoms. The van der Waals surface area contributed by atoms with Crippen molar-refractivity contribution in [2.24, 2.45) is 5.10 Å². The summed E-state index contributed by atoms with van der Waals surface area (Å²) >= 11 is 0. The van der Waals surface area contributed by atoms with E-state index in [1.807, 2.05) is 12.1 Å². The predicted octanol–water partition coefficient (Wildman–Crippen LogP) is 1.73. The van der Waals surface area contributed by atoms with E-state index in [4.69, 9.17) is 0 Å². The van der Waals surface area contributed by atoms with Crippen molar-refractivity contribution < 1.29 is 9.90 Å². The molecule has 17 heavy (non-hydrogen) atoms. The van der Waals surface area contributed by atoms with Crippen LogP contribution in [0.2, 0.25) is 0 Å². The molecular weight excluding hydrogens is 216 g/mol. The fraction of sp³-hybridized carbons (Fsp3) is 0.231. The van der Waals surface area contributed by atoms with Crippen LogP contribution < -0.4 is 5.43 Å². The third-order valence-corrected chi connectivity index (χ3v) is 2.69. The van der Waals surface area contributed by atoms with Gasteiger partial charge in [0.1, 0.15) is 5.75 Å². The smallest absolute Gasteiger partial charge is 0.240 e. The zero-order valence-corrected chi connectivity index (χ0v) is 9.44. The van der Waals surface area contributed by atoms with E-state index in [-0.39, 0.29) is 11.7 Å². The van der Waals surface area contributed by atoms with Crippen LogP contribution in [-0.4, -0.2) is 16.7 Å². The van der Waals surface area contributed by atoms with E-state index in [9.17, 15) is 9.90 Å². The second-order valence-electron chi connectivity index (χ2n) is 3.93. The van der Waals surface area contributed by atoms with Gasteiger partial charge < -0.3 is 5.11 Å². The number of phenolic OH excluding ortho intramolecular Hbond substituents is 1. The molecule has 0 radical (unpaired) electrons. The zero-order valence-electron chi connectivity index (χ0n) is 9.44. The van der Waals surface area contributed by atoms with Crippen LogP contribution in [0.1, 0.15) is 24.0 Å². The number of amides is 1. The number of aromatic hydroxyl groups is 1. The van der Waals surface area contributed by atoms with Crippen molar-refractivity contribution in [3.05, 3.63) is 42.0 Å². The zero-order chi connectivity index (χ0) is 12.3. The van der Waals surface area contributed by atoms with Crippen molar-refractivity contribution in [3.8, 4) is 5.75 Å². The fourth-order valence-corrected chi connectivity index (χ4v) is 1.75. The number of hydrogen-bond acceptors (Lipinski definition) is 3. The molecule has 1 amide bonds. The maximum absolute atomic E-state index is 11.0. The molecule has 0 aromatic heterocycles. The van der Waals surface area contributed by atoms with Crippen LogP contribution in [0.15, 0.2) is 36.0 Å². The summed E-state index contributed by atoms with van der Waals surface area (Å²) in [5, 5.41) is 13.8. The molecule has 0 bridgehead atoms. The molecule has 4 nitrogen and oxygen atoms in total. The SMILES string of the molecule is C=CCc1ccc(C2=NNC(=O)CC2)cc1O. The lowest BCUT2D eigenvalue weighted by atomic mass is 10.0. The number of nitrogens with zero attached hydrogens (tertiary/aromatic N) is 1. The first-order valence-corrected chi connectivity index (χ1v) is 5.49. The van der Waals surface area contributed by atoms with Crippen molar-refractivity contribution in [2.45, 2.75) is 19.3 Å². The van der Waals surface area contributed by atoms with Gasteiger partial charge in [-0.25, -0.2) is 5.43 Å². The minimum Gasteiger partial charge on any atom is -0.508 e. The van der Waals surface area contributed by atoms with Crippen molar-refractivity contribution >= 4 is 11.6 Å². The highest BCUT2D eigenvalue weighted by atomic mass is 16.3. The molecule has 0 fully saturated rings. The highest BCUT2D eigenvalue weighted by Crippen LogP contribution is 2.21. The summed E-state index contributed by atoms with van der Waals surface area (Å²) in [7, 11) is 0. The van der Waals surface area contributed by atoms with Gasteiger partial charge in [0.25, 0.3) is 0 Å². The van der Waals surface area contributed by atoms with Gasteiger partial charge in [-0.05, 0) is 18.1 Å². The molecule has 0 atom stereocenters. The number of benzene rings is 1. The molecule has 1 heterocycles. The van der Waals surface area contributed by atoms with Crippen molar-refractivity contribution in [2.75, 3.05) is 0 Å². The quantitative estimate of drug-likeness (QED) is 0.777. The monoisotopic (exact) mass is 230 g/mol. The Labute approximate surface area is 99.7 Å². The Kier molecular flexibility index (Phi) is 3.23. The third-order valence-electron chi connectivity index (χ3n) is 2.69. The second-order valence-corrected chi connectivity index (χ2v) is 3.93. The Bertz CT molecular complexity index is 492. The first-order chi connectivity index (χ1) is 8.20. The van der Waals surface area contributed by atoms with E-state index in [0.29, 0.717) is 19.3 Å². The lowest BCUT2D eigenvalue weighted by Gasteiger charge is -2.13. The number of nitrogens with one attached hydrogen (secondary N) is 1. The van der Waals surface area contributed by atoms with Crippen LogP contribution in [0.5, 0.6) is 5.75 Å². The Morgan fingerprint density at radius 1 is 1.47 bits per heavy atom. The van der Waals surface area contributed by atoms with Gasteiger partial charge in [-0.2, -0.15) is 5.10 Å². The Balaban J connectivity index is 2.25. The van der Waals surface area contributed by atoms with Crippen LogP contribution >= 0.6 is 0 Å². The predicted molar refractivity (Wildman–Crippen MR) is 65.9 cm³/mol. The molecule has 1 aliphatic heterocycles. The number of allylic oxidation sites excluding steroid dienone is 1. The van der Waals surface area contributed by atoms with Gasteiger partial charge in [0.05, 0.1) is 5.71 Å². The van der Waals surface area contributed by atoms with Gasteiger partial charge in [-0.1, -0.05) is 18.2 Å². The minimum atomic E-state index is -0.0683. The van der Waals surface area contributed by atoms with Gasteiger partial charge in [0, 0.05) is 18.4 Å². The van der Waals surface area contributed by atoms with Gasteiger partial charge in [0.2, 0.25) is 5.91 Å². The Hall–Kier alpha value is -2.10. The summed E-state index contributed by atoms with van der Waals surface area (Å²) in [5.41, 5.74) is 4.92. The Morgan fingerprint density at radius 2 is 2.29 bits per heavy atom. The maximum atomic E-state index is 11.0. The summed E-state index contributed by atoms with van der Waals surface area (Å²) in [6, 6.07) is 5.43. The summed E-state index contributed by atoms with van der Waals surface area (Å²) in [5.74, 6) is 0.170. The number of carbonyl (C=O) groups excluding carboxylic acids is 1. The standard InChI is InChI=1S/C13H14N2O2/c1-2-3-9-4-5-10(8-12(9)16)11-6-7-13(17)15-14-11/h2,4-5,8,16H,1,3,6-7H2,(H,15,17). The Morgan fingerprint density at radius 3 is 2.88 bits per heavy atom. The topological polar surface area (TPSA) is 61.7 Å². The normalized spacial score (nSPS) is 15.1. The third kappa shape index (κ3) is 2.53. The van der Waals surface area contributed by atoms with E-state index in [1.54, 1.807) is 12.1 Å². The highest BCUT2D eigenvalue weighted by molar-refractivity contribution is 6.04. The average molecular weight is 230 g/mol. The molecule has 0 saturated heterocycles. The fourth-order valence-electron chi connectivity index (χ4n) is 1.75. The van der Waals surface area contributed by atoms with Gasteiger partial charge >= 0.3 is 0 Å². The van der Waals surface area contributed by atoms with Gasteiger partial charge in [-0.3, -0.25) is 4.79 Å². The second kappa shape index (κ2) is 4.82. The molecular formula is C13H14N2O2. The molecule has 0 aliphatic carbocycles. The van der Waals surface area contributed by atoms with Gasteiger partial charge in [0.15, 0.2) is 0 Å². The molecule has 1 aliphatic rings. The number of hydrazone groups is 1. The number of phenols is 1. The number of carbonyl (C=O) groups is 1. The van der Waals surface area contributed by atoms with Gasteiger partial charge in [-0.15, -0.1) is 6.58 Å². The summed E-state index contributed by atoms with van der Waals surface area (Å²) in [6.07, 6.45) is 3.42. The van der Waals surface area contributed by atoms with Crippen LogP contribution in [-0.2, 0) is 11.2 Å². The van der Waals surface area contributed by atoms with Crippen LogP contribution in [0.4, 0.5) is 0 Å². The maximum Gasteiger partial charge on any atom is 0.240 e. The molecule has 88 valence electrons. The van der Waals surface area contributed by atoms with E-state index in [2.05, 4.69) is 17.1 Å². The van der Waals surface area contributed by atoms with Crippen LogP contribution in [0.3, 0.4) is 0 Å². The lowest BCUT2D eigenvalue weighted by molar-refractivity contribution is -0.121. The van der Waals surface area contributed by atoms with Crippen molar-refractivity contribution in [1.29, 1.82) is 0 Å². The van der Waals surface area contributed by atoms with Crippen molar-refractivity contribution in [3.63, 3.8) is 0 Å². The molecule has 2 rings (SSSR count). The van der Waals surface area contributed by atoms with E-state index >= 15 is 0 Å². The van der Waals surface area contributed by atoms with E-state index < -0.39 is 0 Å². The lowest BCUT2D eigenvalue weighted by Crippen LogP contribution is -2.25. The minimum absolute atomic E-state index is 0.0683. The highest BCUT2D eigenvalue weighted by Gasteiger charge is 2.14. The molecule has 1 aromatic rings. The van der Waals surface area contributed by atoms with Crippen LogP contribution in [0.25, 0.3) is 0 Å². The van der Waals surface area contributed by atoms with Crippen molar-refractivity contribution in [1.82, 2.24) is 5.43 Å². The first kappa shape index (κ1) is 11.4. The molecule has 0 spiro atoms. The summed E-state index contributed by atoms with van der Waals surface area (Å²) in [4.78, 5) is 11.0. The van der Waals surface area contributed by atoms with Crippen LogP contribution in [0, 0.1) is 0 Å². The van der Waals surface area contributed by atoms with E-state index in [1.165, 1.54) is 0 Å². The summed E-state index contributed by atoms with van der Waals surface area (Å²) in [6.45, 7) is 3.64. The largest absolute Gasteiger partial charge is 0.508 e.